The summed E-state index contributed by atoms with van der Waals surface area (Å²) in [5.41, 5.74) is 1.39. The maximum absolute atomic E-state index is 12.9. The van der Waals surface area contributed by atoms with Gasteiger partial charge in [-0.25, -0.2) is 4.39 Å². The first-order valence-electron chi connectivity index (χ1n) is 4.33. The molecule has 0 radical (unpaired) electrons. The van der Waals surface area contributed by atoms with Crippen LogP contribution in [0.2, 0.25) is 5.02 Å². The molecule has 0 aliphatic carbocycles. The minimum atomic E-state index is -0.741. The molecule has 0 aliphatic rings. The zero-order valence-corrected chi connectivity index (χ0v) is 9.23. The van der Waals surface area contributed by atoms with E-state index in [1.165, 1.54) is 29.5 Å². The van der Waals surface area contributed by atoms with Gasteiger partial charge in [-0.2, -0.15) is 11.3 Å². The average Bonchev–Trinajstić information content (AvgIpc) is 2.74. The Kier molecular flexibility index (Phi) is 3.05. The Morgan fingerprint density at radius 1 is 1.27 bits per heavy atom. The summed E-state index contributed by atoms with van der Waals surface area (Å²) < 4.78 is 12.9. The summed E-state index contributed by atoms with van der Waals surface area (Å²) in [6, 6.07) is 6.06. The van der Waals surface area contributed by atoms with Crippen LogP contribution in [0.5, 0.6) is 0 Å². The van der Waals surface area contributed by atoms with Gasteiger partial charge in [0.15, 0.2) is 0 Å². The van der Waals surface area contributed by atoms with Gasteiger partial charge in [-0.1, -0.05) is 17.7 Å². The molecular weight excluding hydrogens is 235 g/mol. The first kappa shape index (κ1) is 10.6. The van der Waals surface area contributed by atoms with E-state index in [9.17, 15) is 9.50 Å². The van der Waals surface area contributed by atoms with Gasteiger partial charge in [0.05, 0.1) is 5.02 Å². The summed E-state index contributed by atoms with van der Waals surface area (Å²) in [7, 11) is 0. The molecule has 1 aromatic carbocycles. The van der Waals surface area contributed by atoms with Crippen molar-refractivity contribution < 1.29 is 9.50 Å². The Morgan fingerprint density at radius 3 is 2.67 bits per heavy atom. The molecule has 0 spiro atoms. The minimum Gasteiger partial charge on any atom is -0.384 e. The summed E-state index contributed by atoms with van der Waals surface area (Å²) in [6.07, 6.45) is -0.741. The van der Waals surface area contributed by atoms with Crippen molar-refractivity contribution in [1.29, 1.82) is 0 Å². The van der Waals surface area contributed by atoms with E-state index in [4.69, 9.17) is 11.6 Å². The lowest BCUT2D eigenvalue weighted by molar-refractivity contribution is 0.220. The summed E-state index contributed by atoms with van der Waals surface area (Å²) in [6.45, 7) is 0. The highest BCUT2D eigenvalue weighted by Crippen LogP contribution is 2.26. The summed E-state index contributed by atoms with van der Waals surface area (Å²) in [5.74, 6) is -0.474. The fraction of sp³-hybridized carbons (Fsp3) is 0.0909. The molecule has 0 fully saturated rings. The number of rotatable bonds is 2. The Balaban J connectivity index is 2.34. The maximum atomic E-state index is 12.9. The first-order chi connectivity index (χ1) is 7.18. The normalized spacial score (nSPS) is 12.7. The number of thiophene rings is 1. The number of hydrogen-bond donors (Lipinski definition) is 1. The summed E-state index contributed by atoms with van der Waals surface area (Å²) >= 11 is 7.14. The topological polar surface area (TPSA) is 20.2 Å². The molecule has 0 aliphatic heterocycles. The van der Waals surface area contributed by atoms with Crippen LogP contribution in [0.25, 0.3) is 0 Å². The van der Waals surface area contributed by atoms with Gasteiger partial charge >= 0.3 is 0 Å². The second kappa shape index (κ2) is 4.31. The highest BCUT2D eigenvalue weighted by molar-refractivity contribution is 7.07. The van der Waals surface area contributed by atoms with E-state index in [-0.39, 0.29) is 5.02 Å². The highest BCUT2D eigenvalue weighted by Gasteiger charge is 2.12. The smallest absolute Gasteiger partial charge is 0.141 e. The van der Waals surface area contributed by atoms with Gasteiger partial charge in [0.2, 0.25) is 0 Å². The monoisotopic (exact) mass is 242 g/mol. The number of aliphatic hydroxyl groups excluding tert-OH is 1. The third kappa shape index (κ3) is 2.20. The van der Waals surface area contributed by atoms with Gasteiger partial charge in [-0.05, 0) is 40.1 Å². The van der Waals surface area contributed by atoms with Crippen LogP contribution in [0, 0.1) is 5.82 Å². The van der Waals surface area contributed by atoms with E-state index < -0.39 is 11.9 Å². The van der Waals surface area contributed by atoms with Crippen LogP contribution in [0.1, 0.15) is 17.2 Å². The molecule has 0 unspecified atom stereocenters. The lowest BCUT2D eigenvalue weighted by atomic mass is 10.0. The second-order valence-electron chi connectivity index (χ2n) is 3.13. The fourth-order valence-corrected chi connectivity index (χ4v) is 2.17. The average molecular weight is 243 g/mol. The van der Waals surface area contributed by atoms with E-state index in [2.05, 4.69) is 0 Å². The molecule has 1 heterocycles. The Morgan fingerprint density at radius 2 is 2.07 bits per heavy atom. The Bertz CT molecular complexity index is 456. The lowest BCUT2D eigenvalue weighted by Crippen LogP contribution is -1.98. The lowest BCUT2D eigenvalue weighted by Gasteiger charge is -2.09. The molecule has 0 saturated carbocycles. The van der Waals surface area contributed by atoms with Gasteiger partial charge < -0.3 is 5.11 Å². The predicted octanol–water partition coefficient (Wildman–Crippen LogP) is 3.62. The van der Waals surface area contributed by atoms with Crippen molar-refractivity contribution >= 4 is 22.9 Å². The van der Waals surface area contributed by atoms with Gasteiger partial charge in [0.1, 0.15) is 11.9 Å². The molecule has 4 heteroatoms. The van der Waals surface area contributed by atoms with E-state index in [1.807, 2.05) is 16.8 Å². The van der Waals surface area contributed by atoms with E-state index in [0.29, 0.717) is 5.56 Å². The predicted molar refractivity (Wildman–Crippen MR) is 59.8 cm³/mol. The van der Waals surface area contributed by atoms with E-state index in [1.54, 1.807) is 0 Å². The zero-order valence-electron chi connectivity index (χ0n) is 7.65. The molecule has 15 heavy (non-hydrogen) atoms. The number of benzene rings is 1. The molecule has 78 valence electrons. The maximum Gasteiger partial charge on any atom is 0.141 e. The Labute approximate surface area is 95.8 Å². The third-order valence-corrected chi connectivity index (χ3v) is 3.11. The molecular formula is C11H8ClFOS. The fourth-order valence-electron chi connectivity index (χ4n) is 1.31. The third-order valence-electron chi connectivity index (χ3n) is 2.12. The molecule has 0 amide bonds. The zero-order chi connectivity index (χ0) is 10.8. The SMILES string of the molecule is O[C@H](c1ccsc1)c1ccc(F)c(Cl)c1. The quantitative estimate of drug-likeness (QED) is 0.853. The molecule has 0 bridgehead atoms. The minimum absolute atomic E-state index is 0.0294. The van der Waals surface area contributed by atoms with Crippen molar-refractivity contribution in [3.8, 4) is 0 Å². The largest absolute Gasteiger partial charge is 0.384 e. The summed E-state index contributed by atoms with van der Waals surface area (Å²) in [4.78, 5) is 0. The highest BCUT2D eigenvalue weighted by atomic mass is 35.5. The number of aliphatic hydroxyl groups is 1. The molecule has 1 N–H and O–H groups in total. The molecule has 2 aromatic rings. The molecule has 1 nitrogen and oxygen atoms in total. The van der Waals surface area contributed by atoms with Crippen molar-refractivity contribution in [1.82, 2.24) is 0 Å². The standard InChI is InChI=1S/C11H8ClFOS/c12-9-5-7(1-2-10(9)13)11(14)8-3-4-15-6-8/h1-6,11,14H/t11-/m0/s1. The molecule has 1 aromatic heterocycles. The van der Waals surface area contributed by atoms with Crippen LogP contribution < -0.4 is 0 Å². The molecule has 2 rings (SSSR count). The van der Waals surface area contributed by atoms with Gasteiger partial charge in [-0.3, -0.25) is 0 Å². The number of halogens is 2. The van der Waals surface area contributed by atoms with Crippen LogP contribution in [-0.4, -0.2) is 5.11 Å². The van der Waals surface area contributed by atoms with E-state index in [0.717, 1.165) is 5.56 Å². The van der Waals surface area contributed by atoms with Crippen LogP contribution in [0.15, 0.2) is 35.0 Å². The van der Waals surface area contributed by atoms with Gasteiger partial charge in [0.25, 0.3) is 0 Å². The van der Waals surface area contributed by atoms with Crippen molar-refractivity contribution in [3.05, 3.63) is 57.0 Å². The number of hydrogen-bond acceptors (Lipinski definition) is 2. The van der Waals surface area contributed by atoms with E-state index >= 15 is 0 Å². The summed E-state index contributed by atoms with van der Waals surface area (Å²) in [5, 5.41) is 13.7. The van der Waals surface area contributed by atoms with Crippen LogP contribution in [-0.2, 0) is 0 Å². The van der Waals surface area contributed by atoms with Crippen LogP contribution in [0.3, 0.4) is 0 Å². The van der Waals surface area contributed by atoms with Crippen molar-refractivity contribution in [2.75, 3.05) is 0 Å². The van der Waals surface area contributed by atoms with Crippen molar-refractivity contribution in [3.63, 3.8) is 0 Å². The van der Waals surface area contributed by atoms with Crippen LogP contribution >= 0.6 is 22.9 Å². The van der Waals surface area contributed by atoms with Crippen molar-refractivity contribution in [2.45, 2.75) is 6.10 Å². The van der Waals surface area contributed by atoms with Crippen molar-refractivity contribution in [2.24, 2.45) is 0 Å². The molecule has 1 atom stereocenters. The van der Waals surface area contributed by atoms with Gasteiger partial charge in [0, 0.05) is 0 Å². The molecule has 0 saturated heterocycles. The van der Waals surface area contributed by atoms with Gasteiger partial charge in [-0.15, -0.1) is 0 Å². The Hall–Kier alpha value is -0.900. The van der Waals surface area contributed by atoms with Crippen LogP contribution in [0.4, 0.5) is 4.39 Å². The second-order valence-corrected chi connectivity index (χ2v) is 4.32. The first-order valence-corrected chi connectivity index (χ1v) is 5.65.